The summed E-state index contributed by atoms with van der Waals surface area (Å²) in [6, 6.07) is 11.0. The number of benzene rings is 2. The van der Waals surface area contributed by atoms with Gasteiger partial charge in [-0.25, -0.2) is 23.7 Å². The Labute approximate surface area is 177 Å². The van der Waals surface area contributed by atoms with Gasteiger partial charge in [-0.3, -0.25) is 11.7 Å². The molecule has 0 amide bonds. The van der Waals surface area contributed by atoms with E-state index in [1.165, 1.54) is 24.4 Å². The zero-order valence-electron chi connectivity index (χ0n) is 16.7. The Kier molecular flexibility index (Phi) is 6.12. The maximum absolute atomic E-state index is 14.2. The first-order chi connectivity index (χ1) is 14.3. The van der Waals surface area contributed by atoms with Gasteiger partial charge in [-0.1, -0.05) is 29.8 Å². The Morgan fingerprint density at radius 1 is 0.933 bits per heavy atom. The summed E-state index contributed by atoms with van der Waals surface area (Å²) in [4.78, 5) is 13.3. The Bertz CT molecular complexity index is 1180. The Morgan fingerprint density at radius 3 is 2.17 bits per heavy atom. The van der Waals surface area contributed by atoms with Crippen LogP contribution in [0.15, 0.2) is 48.7 Å². The van der Waals surface area contributed by atoms with Crippen LogP contribution >= 0.6 is 11.6 Å². The second-order valence-electron chi connectivity index (χ2n) is 7.42. The highest BCUT2D eigenvalue weighted by Crippen LogP contribution is 2.34. The Balaban J connectivity index is 0.00000124. The molecule has 2 aromatic carbocycles. The summed E-state index contributed by atoms with van der Waals surface area (Å²) in [6.07, 6.45) is 1.48. The lowest BCUT2D eigenvalue weighted by Gasteiger charge is -2.24. The molecule has 2 aromatic heterocycles. The van der Waals surface area contributed by atoms with E-state index in [0.29, 0.717) is 22.0 Å². The molecule has 9 heteroatoms. The second kappa shape index (κ2) is 8.43. The summed E-state index contributed by atoms with van der Waals surface area (Å²) < 4.78 is 30.4. The van der Waals surface area contributed by atoms with Crippen LogP contribution in [0.2, 0.25) is 5.02 Å². The molecule has 4 aromatic rings. The standard InChI is InChI=1S/C21H17ClF2N4.H4N2/c1-21(2,3)28-19(12-7-4-5-8-13(12)22)26-16-11-25-18(27-20(16)28)17-14(23)9-6-10-15(17)24;1-2/h4-11H,1-3H3;1-2H2. The smallest absolute Gasteiger partial charge is 0.167 e. The van der Waals surface area contributed by atoms with Gasteiger partial charge in [0, 0.05) is 11.1 Å². The molecule has 156 valence electrons. The molecule has 4 N–H and O–H groups in total. The average molecular weight is 431 g/mol. The van der Waals surface area contributed by atoms with Crippen molar-refractivity contribution in [1.82, 2.24) is 19.5 Å². The number of halogens is 3. The highest BCUT2D eigenvalue weighted by molar-refractivity contribution is 6.33. The largest absolute Gasteiger partial charge is 0.303 e. The van der Waals surface area contributed by atoms with Crippen molar-refractivity contribution in [2.75, 3.05) is 0 Å². The number of fused-ring (bicyclic) bond motifs is 1. The van der Waals surface area contributed by atoms with Crippen LogP contribution in [0.5, 0.6) is 0 Å². The van der Waals surface area contributed by atoms with E-state index in [0.717, 1.165) is 5.56 Å². The van der Waals surface area contributed by atoms with Crippen LogP contribution in [-0.2, 0) is 5.54 Å². The van der Waals surface area contributed by atoms with E-state index in [-0.39, 0.29) is 11.4 Å². The van der Waals surface area contributed by atoms with Gasteiger partial charge in [-0.05, 0) is 45.0 Å². The molecular formula is C21H21ClF2N6. The first-order valence-electron chi connectivity index (χ1n) is 9.06. The topological polar surface area (TPSA) is 95.6 Å². The van der Waals surface area contributed by atoms with Gasteiger partial charge in [0.05, 0.1) is 16.8 Å². The van der Waals surface area contributed by atoms with Crippen LogP contribution < -0.4 is 11.7 Å². The van der Waals surface area contributed by atoms with Gasteiger partial charge in [-0.15, -0.1) is 0 Å². The summed E-state index contributed by atoms with van der Waals surface area (Å²) in [5.41, 5.74) is 1.07. The normalized spacial score (nSPS) is 11.3. The van der Waals surface area contributed by atoms with Crippen molar-refractivity contribution in [2.24, 2.45) is 11.7 Å². The van der Waals surface area contributed by atoms with Gasteiger partial charge in [0.15, 0.2) is 11.5 Å². The molecule has 0 bridgehead atoms. The second-order valence-corrected chi connectivity index (χ2v) is 7.83. The summed E-state index contributed by atoms with van der Waals surface area (Å²) in [7, 11) is 0. The third kappa shape index (κ3) is 3.89. The van der Waals surface area contributed by atoms with Crippen LogP contribution in [0.1, 0.15) is 20.8 Å². The number of nitrogens with two attached hydrogens (primary N) is 2. The Morgan fingerprint density at radius 2 is 1.57 bits per heavy atom. The predicted octanol–water partition coefficient (Wildman–Crippen LogP) is 4.67. The molecule has 0 aliphatic carbocycles. The van der Waals surface area contributed by atoms with Gasteiger partial charge in [0.2, 0.25) is 0 Å². The summed E-state index contributed by atoms with van der Waals surface area (Å²) in [6.45, 7) is 6.00. The molecule has 0 aliphatic heterocycles. The van der Waals surface area contributed by atoms with Crippen molar-refractivity contribution in [1.29, 1.82) is 0 Å². The number of aromatic nitrogens is 4. The van der Waals surface area contributed by atoms with Gasteiger partial charge in [0.1, 0.15) is 23.0 Å². The summed E-state index contributed by atoms with van der Waals surface area (Å²) in [5.74, 6) is 7.16. The molecule has 0 atom stereocenters. The number of rotatable bonds is 2. The SMILES string of the molecule is CC(C)(C)n1c(-c2ccccc2Cl)nc2cnc(-c3c(F)cccc3F)nc21.NN. The number of imidazole rings is 1. The zero-order chi connectivity index (χ0) is 22.1. The molecular weight excluding hydrogens is 410 g/mol. The van der Waals surface area contributed by atoms with Crippen molar-refractivity contribution < 1.29 is 8.78 Å². The first kappa shape index (κ1) is 21.8. The molecule has 0 saturated heterocycles. The van der Waals surface area contributed by atoms with E-state index in [9.17, 15) is 8.78 Å². The quantitative estimate of drug-likeness (QED) is 0.356. The van der Waals surface area contributed by atoms with E-state index in [2.05, 4.69) is 26.6 Å². The summed E-state index contributed by atoms with van der Waals surface area (Å²) in [5, 5.41) is 0.552. The van der Waals surface area contributed by atoms with Crippen LogP contribution in [-0.4, -0.2) is 19.5 Å². The molecule has 0 aliphatic rings. The molecule has 0 fully saturated rings. The highest BCUT2D eigenvalue weighted by atomic mass is 35.5. The van der Waals surface area contributed by atoms with Crippen LogP contribution in [0.3, 0.4) is 0 Å². The van der Waals surface area contributed by atoms with Gasteiger partial charge in [-0.2, -0.15) is 0 Å². The lowest BCUT2D eigenvalue weighted by molar-refractivity contribution is 0.411. The minimum Gasteiger partial charge on any atom is -0.303 e. The van der Waals surface area contributed by atoms with Gasteiger partial charge in [0.25, 0.3) is 0 Å². The minimum absolute atomic E-state index is 0.0285. The van der Waals surface area contributed by atoms with E-state index in [1.807, 2.05) is 43.5 Å². The van der Waals surface area contributed by atoms with Crippen LogP contribution in [0.4, 0.5) is 8.78 Å². The lowest BCUT2D eigenvalue weighted by Crippen LogP contribution is -2.23. The minimum atomic E-state index is -0.715. The van der Waals surface area contributed by atoms with E-state index >= 15 is 0 Å². The first-order valence-corrected chi connectivity index (χ1v) is 9.44. The number of hydrogen-bond acceptors (Lipinski definition) is 5. The van der Waals surface area contributed by atoms with Crippen molar-refractivity contribution in [3.05, 3.63) is 65.3 Å². The lowest BCUT2D eigenvalue weighted by atomic mass is 10.1. The van der Waals surface area contributed by atoms with Gasteiger partial charge >= 0.3 is 0 Å². The third-order valence-electron chi connectivity index (χ3n) is 4.37. The molecule has 30 heavy (non-hydrogen) atoms. The maximum Gasteiger partial charge on any atom is 0.167 e. The van der Waals surface area contributed by atoms with Crippen LogP contribution in [0.25, 0.3) is 33.9 Å². The molecule has 6 nitrogen and oxygen atoms in total. The fourth-order valence-electron chi connectivity index (χ4n) is 3.16. The molecule has 4 rings (SSSR count). The third-order valence-corrected chi connectivity index (χ3v) is 4.70. The fourth-order valence-corrected chi connectivity index (χ4v) is 3.39. The molecule has 2 heterocycles. The van der Waals surface area contributed by atoms with E-state index in [4.69, 9.17) is 11.6 Å². The van der Waals surface area contributed by atoms with Crippen molar-refractivity contribution >= 4 is 22.8 Å². The number of nitrogens with zero attached hydrogens (tertiary/aromatic N) is 4. The molecule has 0 radical (unpaired) electrons. The molecule has 0 spiro atoms. The summed E-state index contributed by atoms with van der Waals surface area (Å²) >= 11 is 6.39. The fraction of sp³-hybridized carbons (Fsp3) is 0.190. The van der Waals surface area contributed by atoms with Crippen molar-refractivity contribution in [3.63, 3.8) is 0 Å². The highest BCUT2D eigenvalue weighted by Gasteiger charge is 2.26. The van der Waals surface area contributed by atoms with Crippen LogP contribution in [0, 0.1) is 11.6 Å². The maximum atomic E-state index is 14.2. The Hall–Kier alpha value is -2.94. The zero-order valence-corrected chi connectivity index (χ0v) is 17.5. The predicted molar refractivity (Wildman–Crippen MR) is 114 cm³/mol. The van der Waals surface area contributed by atoms with E-state index < -0.39 is 17.2 Å². The number of hydrogen-bond donors (Lipinski definition) is 2. The molecule has 0 unspecified atom stereocenters. The van der Waals surface area contributed by atoms with Gasteiger partial charge < -0.3 is 4.57 Å². The molecule has 0 saturated carbocycles. The number of hydrazine groups is 1. The van der Waals surface area contributed by atoms with Crippen molar-refractivity contribution in [2.45, 2.75) is 26.3 Å². The van der Waals surface area contributed by atoms with Crippen molar-refractivity contribution in [3.8, 4) is 22.8 Å². The monoisotopic (exact) mass is 430 g/mol. The average Bonchev–Trinajstić information content (AvgIpc) is 3.09. The van der Waals surface area contributed by atoms with E-state index in [1.54, 1.807) is 6.07 Å².